The second-order valence-electron chi connectivity index (χ2n) is 2.13. The molecule has 0 saturated heterocycles. The first-order valence-electron chi connectivity index (χ1n) is 3.37. The molecule has 1 rings (SSSR count). The van der Waals surface area contributed by atoms with Crippen LogP contribution in [0.3, 0.4) is 0 Å². The van der Waals surface area contributed by atoms with Crippen molar-refractivity contribution in [3.8, 4) is 5.75 Å². The van der Waals surface area contributed by atoms with Gasteiger partial charge in [0.2, 0.25) is 0 Å². The van der Waals surface area contributed by atoms with Gasteiger partial charge in [0.25, 0.3) is 0 Å². The Morgan fingerprint density at radius 1 is 1.50 bits per heavy atom. The number of rotatable bonds is 2. The van der Waals surface area contributed by atoms with E-state index in [1.54, 1.807) is 7.11 Å². The summed E-state index contributed by atoms with van der Waals surface area (Å²) >= 11 is 8.74. The van der Waals surface area contributed by atoms with E-state index in [1.807, 2.05) is 24.3 Å². The summed E-state index contributed by atoms with van der Waals surface area (Å²) in [6, 6.07) is 7.53. The zero-order chi connectivity index (χ0) is 8.97. The molecule has 0 aromatic heterocycles. The summed E-state index contributed by atoms with van der Waals surface area (Å²) in [6.07, 6.45) is 0. The number of hydrogen-bond donors (Lipinski definition) is 2. The lowest BCUT2D eigenvalue weighted by Gasteiger charge is -2.08. The van der Waals surface area contributed by atoms with E-state index in [2.05, 4.69) is 17.9 Å². The van der Waals surface area contributed by atoms with Gasteiger partial charge >= 0.3 is 0 Å². The highest BCUT2D eigenvalue weighted by Gasteiger charge is 1.99. The Hall–Kier alpha value is -0.740. The van der Waals surface area contributed by atoms with Crippen molar-refractivity contribution in [3.05, 3.63) is 24.3 Å². The third-order valence-electron chi connectivity index (χ3n) is 1.35. The lowest BCUT2D eigenvalue weighted by Crippen LogP contribution is -2.02. The van der Waals surface area contributed by atoms with E-state index in [-0.39, 0.29) is 0 Å². The maximum Gasteiger partial charge on any atom is 0.142 e. The molecule has 0 aliphatic heterocycles. The third kappa shape index (κ3) is 2.39. The summed E-state index contributed by atoms with van der Waals surface area (Å²) in [5.41, 5.74) is 0.833. The minimum atomic E-state index is 0.430. The van der Waals surface area contributed by atoms with E-state index < -0.39 is 0 Å². The van der Waals surface area contributed by atoms with Crippen molar-refractivity contribution in [1.82, 2.24) is 0 Å². The summed E-state index contributed by atoms with van der Waals surface area (Å²) in [5, 5.41) is 2.89. The van der Waals surface area contributed by atoms with Crippen molar-refractivity contribution in [2.45, 2.75) is 0 Å². The highest BCUT2D eigenvalue weighted by atomic mass is 32.1. The predicted molar refractivity (Wildman–Crippen MR) is 58.2 cm³/mol. The predicted octanol–water partition coefficient (Wildman–Crippen LogP) is 2.32. The number of nitrogens with one attached hydrogen (secondary N) is 1. The first-order chi connectivity index (χ1) is 5.74. The first-order valence-corrected chi connectivity index (χ1v) is 4.22. The molecule has 0 aliphatic rings. The van der Waals surface area contributed by atoms with E-state index >= 15 is 0 Å². The standard InChI is InChI=1S/C8H9NOS2/c1-10-7-5-3-2-4-6(7)9-8(11)12/h2-5H,1H3,(H2,9,11,12). The third-order valence-corrected chi connectivity index (χ3v) is 1.56. The highest BCUT2D eigenvalue weighted by molar-refractivity contribution is 8.11. The van der Waals surface area contributed by atoms with Crippen LogP contribution < -0.4 is 10.1 Å². The van der Waals surface area contributed by atoms with Gasteiger partial charge in [0.05, 0.1) is 12.8 Å². The fraction of sp³-hybridized carbons (Fsp3) is 0.125. The summed E-state index contributed by atoms with van der Waals surface area (Å²) in [4.78, 5) is 0. The van der Waals surface area contributed by atoms with E-state index in [0.717, 1.165) is 11.4 Å². The van der Waals surface area contributed by atoms with Crippen LogP contribution in [0.4, 0.5) is 5.69 Å². The number of ether oxygens (including phenoxy) is 1. The fourth-order valence-electron chi connectivity index (χ4n) is 0.863. The van der Waals surface area contributed by atoms with Crippen LogP contribution in [0.2, 0.25) is 0 Å². The molecular formula is C8H9NOS2. The Labute approximate surface area is 82.3 Å². The van der Waals surface area contributed by atoms with Gasteiger partial charge in [-0.1, -0.05) is 24.4 Å². The van der Waals surface area contributed by atoms with Crippen molar-refractivity contribution in [3.63, 3.8) is 0 Å². The second kappa shape index (κ2) is 4.33. The number of thiol groups is 1. The minimum absolute atomic E-state index is 0.430. The molecule has 0 saturated carbocycles. The Balaban J connectivity index is 2.89. The molecule has 0 atom stereocenters. The summed E-state index contributed by atoms with van der Waals surface area (Å²) in [7, 11) is 1.61. The smallest absolute Gasteiger partial charge is 0.142 e. The lowest BCUT2D eigenvalue weighted by atomic mass is 10.3. The van der Waals surface area contributed by atoms with Crippen LogP contribution in [0.25, 0.3) is 0 Å². The molecule has 0 aliphatic carbocycles. The number of methoxy groups -OCH3 is 1. The van der Waals surface area contributed by atoms with E-state index in [0.29, 0.717) is 4.32 Å². The van der Waals surface area contributed by atoms with Crippen LogP contribution in [0.1, 0.15) is 0 Å². The topological polar surface area (TPSA) is 21.3 Å². The van der Waals surface area contributed by atoms with E-state index in [4.69, 9.17) is 17.0 Å². The van der Waals surface area contributed by atoms with Crippen LogP contribution >= 0.6 is 24.8 Å². The van der Waals surface area contributed by atoms with Crippen molar-refractivity contribution in [2.24, 2.45) is 0 Å². The van der Waals surface area contributed by atoms with Gasteiger partial charge in [0.1, 0.15) is 10.1 Å². The lowest BCUT2D eigenvalue weighted by molar-refractivity contribution is 0.417. The Bertz CT molecular complexity index is 288. The van der Waals surface area contributed by atoms with Crippen LogP contribution in [0, 0.1) is 0 Å². The molecule has 0 fully saturated rings. The Kier molecular flexibility index (Phi) is 3.37. The molecule has 1 aromatic rings. The van der Waals surface area contributed by atoms with Gasteiger partial charge in [-0.3, -0.25) is 0 Å². The molecule has 4 heteroatoms. The SMILES string of the molecule is COc1ccccc1NC(=S)S. The molecule has 64 valence electrons. The van der Waals surface area contributed by atoms with Crippen LogP contribution in [0.5, 0.6) is 5.75 Å². The van der Waals surface area contributed by atoms with Crippen molar-refractivity contribution in [1.29, 1.82) is 0 Å². The molecule has 0 amide bonds. The molecule has 1 N–H and O–H groups in total. The van der Waals surface area contributed by atoms with E-state index in [1.165, 1.54) is 0 Å². The van der Waals surface area contributed by atoms with Crippen LogP contribution in [-0.4, -0.2) is 11.4 Å². The van der Waals surface area contributed by atoms with Gasteiger partial charge in [-0.25, -0.2) is 0 Å². The molecule has 0 spiro atoms. The Morgan fingerprint density at radius 2 is 2.17 bits per heavy atom. The monoisotopic (exact) mass is 199 g/mol. The van der Waals surface area contributed by atoms with Crippen molar-refractivity contribution in [2.75, 3.05) is 12.4 Å². The number of benzene rings is 1. The first kappa shape index (κ1) is 9.35. The van der Waals surface area contributed by atoms with Gasteiger partial charge in [0, 0.05) is 0 Å². The zero-order valence-corrected chi connectivity index (χ0v) is 8.28. The Morgan fingerprint density at radius 3 is 2.75 bits per heavy atom. The molecule has 2 nitrogen and oxygen atoms in total. The number of thiocarbonyl (C=S) groups is 1. The normalized spacial score (nSPS) is 9.17. The maximum absolute atomic E-state index is 5.09. The molecule has 1 aromatic carbocycles. The number of para-hydroxylation sites is 2. The number of anilines is 1. The fourth-order valence-corrected chi connectivity index (χ4v) is 1.09. The zero-order valence-electron chi connectivity index (χ0n) is 6.57. The molecule has 0 heterocycles. The quantitative estimate of drug-likeness (QED) is 0.564. The second-order valence-corrected chi connectivity index (χ2v) is 3.29. The molecule has 12 heavy (non-hydrogen) atoms. The van der Waals surface area contributed by atoms with Crippen LogP contribution in [-0.2, 0) is 0 Å². The molecule has 0 bridgehead atoms. The summed E-state index contributed by atoms with van der Waals surface area (Å²) in [6.45, 7) is 0. The molecule has 0 unspecified atom stereocenters. The van der Waals surface area contributed by atoms with Gasteiger partial charge in [-0.15, -0.1) is 12.6 Å². The van der Waals surface area contributed by atoms with Gasteiger partial charge in [-0.2, -0.15) is 0 Å². The van der Waals surface area contributed by atoms with Crippen LogP contribution in [0.15, 0.2) is 24.3 Å². The average Bonchev–Trinajstić information content (AvgIpc) is 2.04. The maximum atomic E-state index is 5.09. The van der Waals surface area contributed by atoms with Gasteiger partial charge < -0.3 is 10.1 Å². The van der Waals surface area contributed by atoms with Crippen molar-refractivity contribution < 1.29 is 4.74 Å². The van der Waals surface area contributed by atoms with Gasteiger partial charge in [-0.05, 0) is 12.1 Å². The molecule has 0 radical (unpaired) electrons. The molecular weight excluding hydrogens is 190 g/mol. The highest BCUT2D eigenvalue weighted by Crippen LogP contribution is 2.23. The number of hydrogen-bond acceptors (Lipinski definition) is 2. The van der Waals surface area contributed by atoms with Gasteiger partial charge in [0.15, 0.2) is 0 Å². The summed E-state index contributed by atoms with van der Waals surface area (Å²) in [5.74, 6) is 0.758. The van der Waals surface area contributed by atoms with E-state index in [9.17, 15) is 0 Å². The van der Waals surface area contributed by atoms with Crippen molar-refractivity contribution >= 4 is 34.9 Å². The largest absolute Gasteiger partial charge is 0.495 e. The average molecular weight is 199 g/mol. The minimum Gasteiger partial charge on any atom is -0.495 e. The summed E-state index contributed by atoms with van der Waals surface area (Å²) < 4.78 is 5.52.